The summed E-state index contributed by atoms with van der Waals surface area (Å²) in [6.07, 6.45) is 1.45. The number of ether oxygens (including phenoxy) is 1. The van der Waals surface area contributed by atoms with Crippen LogP contribution in [0, 0.1) is 0 Å². The fourth-order valence-electron chi connectivity index (χ4n) is 3.25. The molecule has 0 fully saturated rings. The Bertz CT molecular complexity index is 1330. The fourth-order valence-corrected chi connectivity index (χ4v) is 4.31. The van der Waals surface area contributed by atoms with Gasteiger partial charge in [-0.1, -0.05) is 13.3 Å². The maximum Gasteiger partial charge on any atom is 0.277 e. The van der Waals surface area contributed by atoms with E-state index in [4.69, 9.17) is 8.85 Å². The molecule has 0 atom stereocenters. The molecule has 10 nitrogen and oxygen atoms in total. The summed E-state index contributed by atoms with van der Waals surface area (Å²) >= 11 is 0. The van der Waals surface area contributed by atoms with E-state index >= 15 is 0 Å². The van der Waals surface area contributed by atoms with Gasteiger partial charge in [0.15, 0.2) is 5.52 Å². The summed E-state index contributed by atoms with van der Waals surface area (Å²) < 4.78 is 56.5. The van der Waals surface area contributed by atoms with Crippen molar-refractivity contribution in [2.24, 2.45) is 7.05 Å². The highest BCUT2D eigenvalue weighted by Crippen LogP contribution is 2.31. The third-order valence-electron chi connectivity index (χ3n) is 4.61. The molecule has 31 heavy (non-hydrogen) atoms. The minimum atomic E-state index is -3.97. The first-order chi connectivity index (χ1) is 16.0. The lowest BCUT2D eigenvalue weighted by Crippen LogP contribution is -2.30. The quantitative estimate of drug-likeness (QED) is 0.394. The number of benzene rings is 1. The van der Waals surface area contributed by atoms with Crippen molar-refractivity contribution >= 4 is 21.1 Å². The number of hydrogen-bond donors (Lipinski definition) is 3. The molecule has 0 radical (unpaired) electrons. The van der Waals surface area contributed by atoms with Gasteiger partial charge in [-0.2, -0.15) is 5.10 Å². The zero-order chi connectivity index (χ0) is 25.1. The minimum Gasteiger partial charge on any atom is -0.493 e. The van der Waals surface area contributed by atoms with Crippen molar-refractivity contribution in [2.45, 2.75) is 31.6 Å². The van der Waals surface area contributed by atoms with Crippen LogP contribution in [0.25, 0.3) is 22.4 Å². The summed E-state index contributed by atoms with van der Waals surface area (Å²) in [4.78, 5) is 20.1. The van der Waals surface area contributed by atoms with Crippen molar-refractivity contribution in [3.63, 3.8) is 0 Å². The molecule has 1 aromatic carbocycles. The molecule has 0 aliphatic rings. The number of aromatic nitrogens is 4. The van der Waals surface area contributed by atoms with Gasteiger partial charge in [0.25, 0.3) is 5.56 Å². The SMILES string of the molecule is [2H]C([2H])([2H])NCCNS(=O)(=O)c1ccc(OCC)c(-c2nc3c(CCC)nn(C)c3c(=O)[nH]2)c1. The Balaban J connectivity index is 2.04. The summed E-state index contributed by atoms with van der Waals surface area (Å²) in [5.74, 6) is 0.515. The van der Waals surface area contributed by atoms with E-state index in [1.807, 2.05) is 6.92 Å². The molecule has 0 unspecified atom stereocenters. The van der Waals surface area contributed by atoms with Crippen LogP contribution in [-0.4, -0.2) is 54.8 Å². The third-order valence-corrected chi connectivity index (χ3v) is 6.07. The van der Waals surface area contributed by atoms with Gasteiger partial charge in [0.2, 0.25) is 10.0 Å². The molecule has 3 rings (SSSR count). The highest BCUT2D eigenvalue weighted by Gasteiger charge is 2.20. The molecular formula is C20H28N6O4S. The monoisotopic (exact) mass is 451 g/mol. The van der Waals surface area contributed by atoms with Crippen LogP contribution in [0.3, 0.4) is 0 Å². The van der Waals surface area contributed by atoms with Crippen LogP contribution in [0.2, 0.25) is 0 Å². The average Bonchev–Trinajstić information content (AvgIpc) is 3.07. The summed E-state index contributed by atoms with van der Waals surface area (Å²) in [6.45, 7) is 1.53. The lowest BCUT2D eigenvalue weighted by Gasteiger charge is -2.13. The topological polar surface area (TPSA) is 131 Å². The van der Waals surface area contributed by atoms with Gasteiger partial charge in [-0.3, -0.25) is 9.48 Å². The van der Waals surface area contributed by atoms with E-state index in [9.17, 15) is 13.2 Å². The predicted molar refractivity (Wildman–Crippen MR) is 119 cm³/mol. The molecule has 0 aliphatic heterocycles. The van der Waals surface area contributed by atoms with Gasteiger partial charge in [0.05, 0.1) is 22.8 Å². The van der Waals surface area contributed by atoms with E-state index in [-0.39, 0.29) is 23.8 Å². The standard InChI is InChI=1S/C20H28N6O4S/c1-5-7-15-17-18(26(4)25-15)20(27)24-19(23-17)14-12-13(8-9-16(14)30-6-2)31(28,29)22-11-10-21-3/h8-9,12,21-22H,5-7,10-11H2,1-4H3,(H,23,24,27)/i3D3. The molecule has 0 saturated carbocycles. The number of rotatable bonds is 10. The second-order valence-electron chi connectivity index (χ2n) is 6.85. The normalized spacial score (nSPS) is 13.7. The van der Waals surface area contributed by atoms with E-state index in [1.165, 1.54) is 22.9 Å². The number of hydrogen-bond acceptors (Lipinski definition) is 7. The van der Waals surface area contributed by atoms with Gasteiger partial charge in [0.1, 0.15) is 17.1 Å². The van der Waals surface area contributed by atoms with Crippen LogP contribution >= 0.6 is 0 Å². The molecule has 0 aliphatic carbocycles. The molecule has 2 aromatic heterocycles. The summed E-state index contributed by atoms with van der Waals surface area (Å²) in [7, 11) is -2.30. The van der Waals surface area contributed by atoms with Gasteiger partial charge < -0.3 is 15.0 Å². The van der Waals surface area contributed by atoms with Crippen molar-refractivity contribution in [3.8, 4) is 17.1 Å². The number of nitrogens with zero attached hydrogens (tertiary/aromatic N) is 3. The highest BCUT2D eigenvalue weighted by molar-refractivity contribution is 7.89. The molecule has 0 amide bonds. The van der Waals surface area contributed by atoms with Crippen LogP contribution in [0.4, 0.5) is 0 Å². The molecule has 0 saturated heterocycles. The van der Waals surface area contributed by atoms with Crippen LogP contribution < -0.4 is 20.3 Å². The average molecular weight is 452 g/mol. The molecule has 2 heterocycles. The Hall–Kier alpha value is -2.76. The van der Waals surface area contributed by atoms with Gasteiger partial charge in [-0.15, -0.1) is 0 Å². The number of aryl methyl sites for hydroxylation is 2. The van der Waals surface area contributed by atoms with Crippen molar-refractivity contribution in [2.75, 3.05) is 26.7 Å². The van der Waals surface area contributed by atoms with Crippen LogP contribution in [0.1, 0.15) is 30.1 Å². The van der Waals surface area contributed by atoms with Crippen molar-refractivity contribution < 1.29 is 17.3 Å². The molecule has 3 N–H and O–H groups in total. The van der Waals surface area contributed by atoms with E-state index in [0.717, 1.165) is 6.42 Å². The number of H-pyrrole nitrogens is 1. The largest absolute Gasteiger partial charge is 0.493 e. The van der Waals surface area contributed by atoms with E-state index in [0.29, 0.717) is 41.1 Å². The number of likely N-dealkylation sites (N-methyl/N-ethyl adjacent to an activating group) is 1. The maximum atomic E-state index is 12.8. The number of aromatic amines is 1. The third kappa shape index (κ3) is 4.78. The van der Waals surface area contributed by atoms with E-state index in [2.05, 4.69) is 25.1 Å². The maximum absolute atomic E-state index is 12.8. The van der Waals surface area contributed by atoms with Gasteiger partial charge in [-0.05, 0) is 38.5 Å². The van der Waals surface area contributed by atoms with Gasteiger partial charge in [-0.25, -0.2) is 18.1 Å². The summed E-state index contributed by atoms with van der Waals surface area (Å²) in [6, 6.07) is 4.23. The lowest BCUT2D eigenvalue weighted by molar-refractivity contribution is 0.341. The molecule has 0 bridgehead atoms. The summed E-state index contributed by atoms with van der Waals surface area (Å²) in [5, 5.41) is 6.65. The Kier molecular flexibility index (Phi) is 5.86. The van der Waals surface area contributed by atoms with Crippen LogP contribution in [0.15, 0.2) is 27.9 Å². The lowest BCUT2D eigenvalue weighted by atomic mass is 10.1. The number of nitrogens with one attached hydrogen (secondary N) is 3. The smallest absolute Gasteiger partial charge is 0.277 e. The molecule has 168 valence electrons. The number of sulfonamides is 1. The van der Waals surface area contributed by atoms with Crippen LogP contribution in [0.5, 0.6) is 5.75 Å². The molecule has 0 spiro atoms. The van der Waals surface area contributed by atoms with Gasteiger partial charge in [0, 0.05) is 24.2 Å². The second kappa shape index (κ2) is 9.58. The van der Waals surface area contributed by atoms with Crippen molar-refractivity contribution in [3.05, 3.63) is 34.2 Å². The first-order valence-corrected chi connectivity index (χ1v) is 11.4. The highest BCUT2D eigenvalue weighted by atomic mass is 32.2. The van der Waals surface area contributed by atoms with Crippen molar-refractivity contribution in [1.29, 1.82) is 0 Å². The second-order valence-corrected chi connectivity index (χ2v) is 8.61. The fraction of sp³-hybridized carbons (Fsp3) is 0.450. The Morgan fingerprint density at radius 3 is 2.81 bits per heavy atom. The molecular weight excluding hydrogens is 420 g/mol. The minimum absolute atomic E-state index is 0.0770. The molecule has 11 heteroatoms. The molecule has 3 aromatic rings. The van der Waals surface area contributed by atoms with E-state index < -0.39 is 22.6 Å². The first-order valence-electron chi connectivity index (χ1n) is 11.4. The Morgan fingerprint density at radius 2 is 2.10 bits per heavy atom. The summed E-state index contributed by atoms with van der Waals surface area (Å²) in [5.41, 5.74) is 1.36. The van der Waals surface area contributed by atoms with Gasteiger partial charge >= 0.3 is 0 Å². The predicted octanol–water partition coefficient (Wildman–Crippen LogP) is 1.17. The first kappa shape index (κ1) is 19.0. The van der Waals surface area contributed by atoms with Crippen molar-refractivity contribution in [1.82, 2.24) is 29.8 Å². The van der Waals surface area contributed by atoms with Crippen LogP contribution in [-0.2, 0) is 23.5 Å². The Labute approximate surface area is 185 Å². The zero-order valence-corrected chi connectivity index (χ0v) is 18.5. The van der Waals surface area contributed by atoms with E-state index in [1.54, 1.807) is 14.0 Å². The number of fused-ring (bicyclic) bond motifs is 1. The Morgan fingerprint density at radius 1 is 1.29 bits per heavy atom. The zero-order valence-electron chi connectivity index (χ0n) is 20.7.